The molecule has 1 aromatic carbocycles. The van der Waals surface area contributed by atoms with Crippen molar-refractivity contribution in [1.82, 2.24) is 10.1 Å². The molecule has 2 heterocycles. The van der Waals surface area contributed by atoms with Gasteiger partial charge in [-0.2, -0.15) is 0 Å². The van der Waals surface area contributed by atoms with Gasteiger partial charge < -0.3 is 24.4 Å². The van der Waals surface area contributed by atoms with Crippen molar-refractivity contribution in [3.8, 4) is 5.75 Å². The first-order valence-electron chi connectivity index (χ1n) is 9.58. The molecule has 2 aromatic rings. The molecule has 1 fully saturated rings. The number of nitrogens with zero attached hydrogens (tertiary/aromatic N) is 2. The number of quaternary nitrogens is 1. The Labute approximate surface area is 174 Å². The van der Waals surface area contributed by atoms with E-state index in [4.69, 9.17) is 9.26 Å². The third-order valence-electron chi connectivity index (χ3n) is 4.79. The van der Waals surface area contributed by atoms with Crippen LogP contribution in [0.2, 0.25) is 0 Å². The Morgan fingerprint density at radius 2 is 1.97 bits per heavy atom. The highest BCUT2D eigenvalue weighted by Crippen LogP contribution is 2.11. The van der Waals surface area contributed by atoms with Gasteiger partial charge in [0, 0.05) is 11.6 Å². The predicted octanol–water partition coefficient (Wildman–Crippen LogP) is 0.591. The first-order chi connectivity index (χ1) is 14.0. The lowest BCUT2D eigenvalue weighted by molar-refractivity contribution is -0.917. The molecule has 2 N–H and O–H groups in total. The largest absolute Gasteiger partial charge is 0.497 e. The molecule has 0 unspecified atom stereocenters. The van der Waals surface area contributed by atoms with Crippen LogP contribution < -0.4 is 15.0 Å². The number of ether oxygens (including phenoxy) is 1. The highest BCUT2D eigenvalue weighted by Gasteiger charge is 2.23. The number of thioether (sulfide) groups is 1. The number of aromatic nitrogens is 1. The first-order valence-corrected chi connectivity index (χ1v) is 10.7. The van der Waals surface area contributed by atoms with Gasteiger partial charge in [-0.3, -0.25) is 9.59 Å². The molecule has 156 valence electrons. The number of hydrogen-bond acceptors (Lipinski definition) is 6. The fourth-order valence-corrected chi connectivity index (χ4v) is 3.92. The molecule has 29 heavy (non-hydrogen) atoms. The highest BCUT2D eigenvalue weighted by atomic mass is 32.2. The van der Waals surface area contributed by atoms with Crippen molar-refractivity contribution in [2.75, 3.05) is 50.1 Å². The van der Waals surface area contributed by atoms with Crippen molar-refractivity contribution in [3.05, 3.63) is 41.7 Å². The van der Waals surface area contributed by atoms with Crippen LogP contribution in [0.25, 0.3) is 0 Å². The van der Waals surface area contributed by atoms with E-state index < -0.39 is 0 Å². The molecule has 2 amide bonds. The molecular weight excluding hydrogens is 392 g/mol. The van der Waals surface area contributed by atoms with Gasteiger partial charge in [-0.25, -0.2) is 0 Å². The van der Waals surface area contributed by atoms with Gasteiger partial charge in [0.05, 0.1) is 44.8 Å². The van der Waals surface area contributed by atoms with Gasteiger partial charge >= 0.3 is 0 Å². The third-order valence-corrected chi connectivity index (χ3v) is 5.71. The summed E-state index contributed by atoms with van der Waals surface area (Å²) in [5.74, 6) is 2.31. The topological polar surface area (TPSA) is 89.1 Å². The Kier molecular flexibility index (Phi) is 7.54. The molecule has 1 aliphatic rings. The molecular formula is C20H27N4O4S+. The molecule has 0 radical (unpaired) electrons. The zero-order chi connectivity index (χ0) is 20.6. The van der Waals surface area contributed by atoms with Crippen molar-refractivity contribution >= 4 is 29.4 Å². The molecule has 9 heteroatoms. The molecule has 3 rings (SSSR count). The van der Waals surface area contributed by atoms with E-state index in [0.717, 1.165) is 38.5 Å². The summed E-state index contributed by atoms with van der Waals surface area (Å²) < 4.78 is 10.1. The fraction of sp³-hybridized carbons (Fsp3) is 0.450. The van der Waals surface area contributed by atoms with Gasteiger partial charge in [0.1, 0.15) is 18.1 Å². The summed E-state index contributed by atoms with van der Waals surface area (Å²) >= 11 is 1.32. The Morgan fingerprint density at radius 3 is 2.59 bits per heavy atom. The molecule has 0 bridgehead atoms. The van der Waals surface area contributed by atoms with Crippen LogP contribution in [0.1, 0.15) is 11.3 Å². The molecule has 1 saturated heterocycles. The monoisotopic (exact) mass is 419 g/mol. The number of aryl methyl sites for hydroxylation is 1. The zero-order valence-corrected chi connectivity index (χ0v) is 17.6. The van der Waals surface area contributed by atoms with Crippen LogP contribution in [0.4, 0.5) is 5.82 Å². The second-order valence-corrected chi connectivity index (χ2v) is 8.01. The average molecular weight is 420 g/mol. The number of carbonyl (C=O) groups excluding carboxylic acids is 2. The van der Waals surface area contributed by atoms with Crippen molar-refractivity contribution in [1.29, 1.82) is 0 Å². The summed E-state index contributed by atoms with van der Waals surface area (Å²) in [6, 6.07) is 9.79. The van der Waals surface area contributed by atoms with Crippen molar-refractivity contribution < 1.29 is 23.7 Å². The summed E-state index contributed by atoms with van der Waals surface area (Å²) in [4.78, 5) is 27.6. The number of rotatable bonds is 8. The lowest BCUT2D eigenvalue weighted by Crippen LogP contribution is -3.13. The number of piperazine rings is 1. The molecule has 1 aliphatic heterocycles. The Morgan fingerprint density at radius 1 is 1.24 bits per heavy atom. The van der Waals surface area contributed by atoms with Crippen LogP contribution in [0, 0.1) is 6.92 Å². The summed E-state index contributed by atoms with van der Waals surface area (Å²) in [5, 5.41) is 6.37. The number of carbonyl (C=O) groups is 2. The standard InChI is InChI=1S/C20H26N4O4S/c1-15-11-18(22-28-15)21-19(25)13-29-14-20(26)24-9-7-23(8-10-24)12-16-3-5-17(27-2)6-4-16/h3-6,11H,7-10,12-14H2,1-2H3,(H,21,22,25)/p+1. The van der Waals surface area contributed by atoms with Crippen LogP contribution in [0.15, 0.2) is 34.9 Å². The van der Waals surface area contributed by atoms with E-state index in [0.29, 0.717) is 17.3 Å². The summed E-state index contributed by atoms with van der Waals surface area (Å²) in [7, 11) is 1.67. The SMILES string of the molecule is COc1ccc(C[NH+]2CCN(C(=O)CSCC(=O)Nc3cc(C)on3)CC2)cc1. The third kappa shape index (κ3) is 6.50. The van der Waals surface area contributed by atoms with Gasteiger partial charge in [0.2, 0.25) is 11.8 Å². The van der Waals surface area contributed by atoms with E-state index in [1.807, 2.05) is 17.0 Å². The molecule has 8 nitrogen and oxygen atoms in total. The van der Waals surface area contributed by atoms with Crippen LogP contribution in [-0.2, 0) is 16.1 Å². The lowest BCUT2D eigenvalue weighted by Gasteiger charge is -2.32. The van der Waals surface area contributed by atoms with E-state index in [9.17, 15) is 9.59 Å². The second-order valence-electron chi connectivity index (χ2n) is 7.02. The van der Waals surface area contributed by atoms with Gasteiger partial charge in [-0.15, -0.1) is 11.8 Å². The van der Waals surface area contributed by atoms with E-state index in [1.54, 1.807) is 20.1 Å². The van der Waals surface area contributed by atoms with Crippen molar-refractivity contribution in [2.45, 2.75) is 13.5 Å². The van der Waals surface area contributed by atoms with Gasteiger partial charge in [0.15, 0.2) is 5.82 Å². The van der Waals surface area contributed by atoms with Crippen LogP contribution in [0.3, 0.4) is 0 Å². The molecule has 0 spiro atoms. The van der Waals surface area contributed by atoms with Gasteiger partial charge in [-0.05, 0) is 31.2 Å². The molecule has 0 saturated carbocycles. The van der Waals surface area contributed by atoms with E-state index in [2.05, 4.69) is 22.6 Å². The first kappa shape index (κ1) is 21.2. The maximum absolute atomic E-state index is 12.4. The number of nitrogens with one attached hydrogen (secondary N) is 2. The minimum absolute atomic E-state index is 0.0866. The van der Waals surface area contributed by atoms with Crippen molar-refractivity contribution in [2.24, 2.45) is 0 Å². The molecule has 0 aliphatic carbocycles. The van der Waals surface area contributed by atoms with E-state index in [-0.39, 0.29) is 17.6 Å². The summed E-state index contributed by atoms with van der Waals surface area (Å²) in [6.07, 6.45) is 0. The number of amides is 2. The number of hydrogen-bond donors (Lipinski definition) is 2. The fourth-order valence-electron chi connectivity index (χ4n) is 3.21. The summed E-state index contributed by atoms with van der Waals surface area (Å²) in [5.41, 5.74) is 1.27. The van der Waals surface area contributed by atoms with Crippen molar-refractivity contribution in [3.63, 3.8) is 0 Å². The Hall–Kier alpha value is -2.52. The quantitative estimate of drug-likeness (QED) is 0.651. The lowest BCUT2D eigenvalue weighted by atomic mass is 10.2. The molecule has 0 atom stereocenters. The van der Waals surface area contributed by atoms with Crippen LogP contribution >= 0.6 is 11.8 Å². The van der Waals surface area contributed by atoms with E-state index in [1.165, 1.54) is 22.2 Å². The normalized spacial score (nSPS) is 14.6. The van der Waals surface area contributed by atoms with Gasteiger partial charge in [0.25, 0.3) is 0 Å². The highest BCUT2D eigenvalue weighted by molar-refractivity contribution is 8.00. The smallest absolute Gasteiger partial charge is 0.235 e. The maximum atomic E-state index is 12.4. The van der Waals surface area contributed by atoms with Crippen LogP contribution in [0.5, 0.6) is 5.75 Å². The van der Waals surface area contributed by atoms with Crippen LogP contribution in [-0.4, -0.2) is 66.7 Å². The second kappa shape index (κ2) is 10.3. The minimum atomic E-state index is -0.190. The number of anilines is 1. The molecule has 1 aromatic heterocycles. The maximum Gasteiger partial charge on any atom is 0.235 e. The van der Waals surface area contributed by atoms with Gasteiger partial charge in [-0.1, -0.05) is 5.16 Å². The number of methoxy groups -OCH3 is 1. The van der Waals surface area contributed by atoms with E-state index >= 15 is 0 Å². The Balaban J connectivity index is 1.33. The number of benzene rings is 1. The summed E-state index contributed by atoms with van der Waals surface area (Å²) in [6.45, 7) is 6.05. The zero-order valence-electron chi connectivity index (χ0n) is 16.8. The average Bonchev–Trinajstić information content (AvgIpc) is 3.13. The Bertz CT molecular complexity index is 816. The minimum Gasteiger partial charge on any atom is -0.497 e. The predicted molar refractivity (Wildman–Crippen MR) is 111 cm³/mol.